The number of benzene rings is 1. The first-order chi connectivity index (χ1) is 6.18. The molecule has 0 aliphatic carbocycles. The lowest BCUT2D eigenvalue weighted by Gasteiger charge is -2.07. The van der Waals surface area contributed by atoms with E-state index in [0.29, 0.717) is 4.99 Å². The maximum Gasteiger partial charge on any atom is 0.127 e. The molecule has 0 N–H and O–H groups in total. The lowest BCUT2D eigenvalue weighted by atomic mass is 10.0. The Bertz CT molecular complexity index is 511. The molecule has 1 heterocycles. The van der Waals surface area contributed by atoms with Crippen LogP contribution in [0.3, 0.4) is 0 Å². The maximum atomic E-state index is 5.05. The van der Waals surface area contributed by atoms with E-state index in [0.717, 1.165) is 16.1 Å². The number of fused-ring (bicyclic) bond motifs is 1. The van der Waals surface area contributed by atoms with E-state index in [2.05, 4.69) is 11.6 Å². The molecule has 0 saturated carbocycles. The van der Waals surface area contributed by atoms with Gasteiger partial charge in [0.1, 0.15) is 4.99 Å². The number of thiocarbonyl (C=S) groups is 1. The Kier molecular flexibility index (Phi) is 1.85. The van der Waals surface area contributed by atoms with Crippen LogP contribution >= 0.6 is 12.2 Å². The van der Waals surface area contributed by atoms with E-state index in [1.54, 1.807) is 0 Å². The summed E-state index contributed by atoms with van der Waals surface area (Å²) in [5, 5.41) is 1.86. The molecule has 0 bridgehead atoms. The highest BCUT2D eigenvalue weighted by Crippen LogP contribution is 2.11. The van der Waals surface area contributed by atoms with Crippen molar-refractivity contribution in [2.75, 3.05) is 0 Å². The third-order valence-electron chi connectivity index (χ3n) is 2.11. The van der Waals surface area contributed by atoms with Crippen molar-refractivity contribution in [3.05, 3.63) is 40.4 Å². The number of hydrogen-bond donors (Lipinski definition) is 0. The molecule has 64 valence electrons. The minimum atomic E-state index is 0.640. The van der Waals surface area contributed by atoms with E-state index in [-0.39, 0.29) is 0 Å². The second-order valence-electron chi connectivity index (χ2n) is 3.09. The lowest BCUT2D eigenvalue weighted by Crippen LogP contribution is -2.29. The lowest BCUT2D eigenvalue weighted by molar-refractivity contribution is 1.31. The van der Waals surface area contributed by atoms with Gasteiger partial charge in [0, 0.05) is 5.56 Å². The van der Waals surface area contributed by atoms with E-state index < -0.39 is 0 Å². The van der Waals surface area contributed by atoms with Crippen LogP contribution in [-0.2, 0) is 0 Å². The minimum Gasteiger partial charge on any atom is -0.236 e. The predicted octanol–water partition coefficient (Wildman–Crippen LogP) is 1.46. The van der Waals surface area contributed by atoms with Crippen molar-refractivity contribution in [3.8, 4) is 0 Å². The van der Waals surface area contributed by atoms with E-state index in [1.807, 2.05) is 31.2 Å². The summed E-state index contributed by atoms with van der Waals surface area (Å²) in [6, 6.07) is 5.98. The highest BCUT2D eigenvalue weighted by Gasteiger charge is 2.05. The van der Waals surface area contributed by atoms with Crippen molar-refractivity contribution in [1.29, 1.82) is 0 Å². The van der Waals surface area contributed by atoms with Crippen LogP contribution in [0.5, 0.6) is 0 Å². The van der Waals surface area contributed by atoms with Crippen LogP contribution in [0, 0.1) is 0 Å². The molecule has 0 spiro atoms. The van der Waals surface area contributed by atoms with Crippen molar-refractivity contribution in [2.24, 2.45) is 4.99 Å². The third kappa shape index (κ3) is 1.33. The standard InChI is InChI=1S/C11H9NS/c1-7-4-3-5-9-8(2)6-10(13)12-11(7)9/h3-6H,1H2,2H3. The average Bonchev–Trinajstić information content (AvgIpc) is 2.07. The zero-order chi connectivity index (χ0) is 9.42. The van der Waals surface area contributed by atoms with Gasteiger partial charge >= 0.3 is 0 Å². The maximum absolute atomic E-state index is 5.05. The van der Waals surface area contributed by atoms with Gasteiger partial charge in [0.05, 0.1) is 5.36 Å². The summed E-state index contributed by atoms with van der Waals surface area (Å²) in [5.41, 5.74) is 2.31. The Labute approximate surface area is 82.1 Å². The van der Waals surface area contributed by atoms with E-state index in [4.69, 9.17) is 12.2 Å². The summed E-state index contributed by atoms with van der Waals surface area (Å²) in [6.07, 6.45) is 1.91. The smallest absolute Gasteiger partial charge is 0.127 e. The fourth-order valence-electron chi connectivity index (χ4n) is 1.45. The fourth-order valence-corrected chi connectivity index (χ4v) is 1.72. The largest absolute Gasteiger partial charge is 0.236 e. The molecular weight excluding hydrogens is 178 g/mol. The molecule has 1 aromatic carbocycles. The van der Waals surface area contributed by atoms with Crippen LogP contribution in [0.15, 0.2) is 29.3 Å². The molecule has 0 aromatic heterocycles. The van der Waals surface area contributed by atoms with Gasteiger partial charge < -0.3 is 0 Å². The first-order valence-corrected chi connectivity index (χ1v) is 4.48. The first kappa shape index (κ1) is 8.32. The summed E-state index contributed by atoms with van der Waals surface area (Å²) >= 11 is 5.05. The summed E-state index contributed by atoms with van der Waals surface area (Å²) in [5.74, 6) is 0. The number of nitrogens with zero attached hydrogens (tertiary/aromatic N) is 1. The van der Waals surface area contributed by atoms with Gasteiger partial charge in [-0.2, -0.15) is 0 Å². The highest BCUT2D eigenvalue weighted by molar-refractivity contribution is 7.80. The number of para-hydroxylation sites is 1. The SMILES string of the molecule is C=c1cccc2c1=NC(=S)C=C2C. The van der Waals surface area contributed by atoms with Crippen LogP contribution in [0.4, 0.5) is 0 Å². The Balaban J connectivity index is 2.92. The van der Waals surface area contributed by atoms with Crippen molar-refractivity contribution < 1.29 is 0 Å². The monoisotopic (exact) mass is 187 g/mol. The van der Waals surface area contributed by atoms with Gasteiger partial charge in [0.15, 0.2) is 0 Å². The van der Waals surface area contributed by atoms with E-state index in [9.17, 15) is 0 Å². The molecule has 13 heavy (non-hydrogen) atoms. The van der Waals surface area contributed by atoms with Gasteiger partial charge in [-0.3, -0.25) is 0 Å². The van der Waals surface area contributed by atoms with Crippen LogP contribution < -0.4 is 10.6 Å². The molecule has 0 radical (unpaired) electrons. The molecule has 0 amide bonds. The molecule has 0 atom stereocenters. The van der Waals surface area contributed by atoms with Gasteiger partial charge in [-0.1, -0.05) is 37.0 Å². The molecule has 2 rings (SSSR count). The number of hydrogen-bond acceptors (Lipinski definition) is 1. The number of rotatable bonds is 0. The van der Waals surface area contributed by atoms with Crippen molar-refractivity contribution in [3.63, 3.8) is 0 Å². The Morgan fingerprint density at radius 2 is 2.15 bits per heavy atom. The summed E-state index contributed by atoms with van der Waals surface area (Å²) < 4.78 is 0. The number of allylic oxidation sites excluding steroid dienone is 1. The molecule has 1 aliphatic heterocycles. The minimum absolute atomic E-state index is 0.640. The van der Waals surface area contributed by atoms with Crippen molar-refractivity contribution in [2.45, 2.75) is 6.92 Å². The van der Waals surface area contributed by atoms with Crippen molar-refractivity contribution in [1.82, 2.24) is 0 Å². The van der Waals surface area contributed by atoms with Crippen LogP contribution in [0.25, 0.3) is 12.2 Å². The summed E-state index contributed by atoms with van der Waals surface area (Å²) in [7, 11) is 0. The molecule has 1 nitrogen and oxygen atoms in total. The van der Waals surface area contributed by atoms with Gasteiger partial charge in [-0.25, -0.2) is 4.99 Å². The average molecular weight is 187 g/mol. The van der Waals surface area contributed by atoms with Crippen LogP contribution in [0.2, 0.25) is 0 Å². The van der Waals surface area contributed by atoms with Gasteiger partial charge in [-0.15, -0.1) is 0 Å². The van der Waals surface area contributed by atoms with Gasteiger partial charge in [0.2, 0.25) is 0 Å². The Morgan fingerprint density at radius 3 is 2.92 bits per heavy atom. The van der Waals surface area contributed by atoms with Crippen molar-refractivity contribution >= 4 is 29.4 Å². The zero-order valence-corrected chi connectivity index (χ0v) is 8.19. The normalized spacial score (nSPS) is 14.5. The predicted molar refractivity (Wildman–Crippen MR) is 59.0 cm³/mol. The molecule has 1 aromatic rings. The van der Waals surface area contributed by atoms with Gasteiger partial charge in [0.25, 0.3) is 0 Å². The summed E-state index contributed by atoms with van der Waals surface area (Å²) in [4.78, 5) is 4.93. The molecule has 1 aliphatic rings. The quantitative estimate of drug-likeness (QED) is 0.560. The molecular formula is C11H9NS. The second-order valence-corrected chi connectivity index (χ2v) is 3.51. The first-order valence-electron chi connectivity index (χ1n) is 4.08. The molecule has 2 heteroatoms. The topological polar surface area (TPSA) is 12.4 Å². The summed E-state index contributed by atoms with van der Waals surface area (Å²) in [6.45, 7) is 5.96. The van der Waals surface area contributed by atoms with E-state index in [1.165, 1.54) is 5.57 Å². The van der Waals surface area contributed by atoms with Crippen LogP contribution in [0.1, 0.15) is 12.5 Å². The van der Waals surface area contributed by atoms with Crippen LogP contribution in [-0.4, -0.2) is 4.99 Å². The second kappa shape index (κ2) is 2.89. The molecule has 0 saturated heterocycles. The fraction of sp³-hybridized carbons (Fsp3) is 0.0909. The molecule has 0 fully saturated rings. The zero-order valence-electron chi connectivity index (χ0n) is 7.37. The Morgan fingerprint density at radius 1 is 1.38 bits per heavy atom. The highest BCUT2D eigenvalue weighted by atomic mass is 32.1. The van der Waals surface area contributed by atoms with E-state index >= 15 is 0 Å². The Hall–Kier alpha value is -1.28. The third-order valence-corrected chi connectivity index (χ3v) is 2.32. The molecule has 0 unspecified atom stereocenters. The van der Waals surface area contributed by atoms with Gasteiger partial charge in [-0.05, 0) is 23.8 Å².